The van der Waals surface area contributed by atoms with E-state index in [0.717, 1.165) is 25.1 Å². The van der Waals surface area contributed by atoms with Crippen molar-refractivity contribution in [2.24, 2.45) is 0 Å². The molecule has 0 saturated heterocycles. The van der Waals surface area contributed by atoms with Gasteiger partial charge in [0.25, 0.3) is 0 Å². The predicted molar refractivity (Wildman–Crippen MR) is 74.5 cm³/mol. The van der Waals surface area contributed by atoms with Gasteiger partial charge in [0.2, 0.25) is 0 Å². The number of hydrogen-bond donors (Lipinski definition) is 1. The first-order chi connectivity index (χ1) is 9.22. The van der Waals surface area contributed by atoms with E-state index in [9.17, 15) is 4.79 Å². The van der Waals surface area contributed by atoms with Crippen molar-refractivity contribution in [2.45, 2.75) is 38.8 Å². The Morgan fingerprint density at radius 3 is 2.79 bits per heavy atom. The lowest BCUT2D eigenvalue weighted by atomic mass is 9.89. The molecule has 0 spiro atoms. The number of anilines is 1. The van der Waals surface area contributed by atoms with Gasteiger partial charge in [-0.1, -0.05) is 6.07 Å². The van der Waals surface area contributed by atoms with Crippen molar-refractivity contribution in [3.05, 3.63) is 29.8 Å². The summed E-state index contributed by atoms with van der Waals surface area (Å²) in [5.41, 5.74) is 1.55. The van der Waals surface area contributed by atoms with E-state index in [1.165, 1.54) is 0 Å². The zero-order chi connectivity index (χ0) is 13.7. The molecule has 1 aromatic rings. The fourth-order valence-corrected chi connectivity index (χ4v) is 2.24. The van der Waals surface area contributed by atoms with E-state index in [0.29, 0.717) is 24.3 Å². The first-order valence-corrected chi connectivity index (χ1v) is 6.88. The van der Waals surface area contributed by atoms with Crippen LogP contribution >= 0.6 is 0 Å². The molecule has 1 aromatic carbocycles. The fraction of sp³-hybridized carbons (Fsp3) is 0.533. The number of carbonyl (C=O) groups excluding carboxylic acids is 1. The van der Waals surface area contributed by atoms with Gasteiger partial charge < -0.3 is 14.8 Å². The Kier molecular flexibility index (Phi) is 4.80. The van der Waals surface area contributed by atoms with Gasteiger partial charge in [-0.2, -0.15) is 0 Å². The number of rotatable bonds is 6. The molecule has 1 N–H and O–H groups in total. The van der Waals surface area contributed by atoms with Crippen LogP contribution in [0.25, 0.3) is 0 Å². The lowest BCUT2D eigenvalue weighted by Gasteiger charge is -2.36. The largest absolute Gasteiger partial charge is 0.462 e. The molecule has 4 heteroatoms. The predicted octanol–water partition coefficient (Wildman–Crippen LogP) is 2.84. The molecular formula is C15H21NO3. The van der Waals surface area contributed by atoms with Gasteiger partial charge in [0.05, 0.1) is 18.3 Å². The second-order valence-corrected chi connectivity index (χ2v) is 4.69. The Morgan fingerprint density at radius 1 is 1.32 bits per heavy atom. The van der Waals surface area contributed by atoms with E-state index in [-0.39, 0.29) is 5.97 Å². The zero-order valence-electron chi connectivity index (χ0n) is 11.5. The molecule has 0 aliphatic heterocycles. The molecule has 1 aliphatic rings. The smallest absolute Gasteiger partial charge is 0.338 e. The Morgan fingerprint density at radius 2 is 2.11 bits per heavy atom. The number of esters is 1. The van der Waals surface area contributed by atoms with Crippen molar-refractivity contribution in [1.29, 1.82) is 0 Å². The van der Waals surface area contributed by atoms with Crippen LogP contribution in [0.5, 0.6) is 0 Å². The van der Waals surface area contributed by atoms with Crippen molar-refractivity contribution in [1.82, 2.24) is 0 Å². The Labute approximate surface area is 114 Å². The molecule has 4 nitrogen and oxygen atoms in total. The summed E-state index contributed by atoms with van der Waals surface area (Å²) >= 11 is 0. The van der Waals surface area contributed by atoms with Crippen LogP contribution < -0.4 is 5.32 Å². The van der Waals surface area contributed by atoms with Crippen LogP contribution in [0.2, 0.25) is 0 Å². The highest BCUT2D eigenvalue weighted by molar-refractivity contribution is 5.90. The number of hydrogen-bond acceptors (Lipinski definition) is 4. The summed E-state index contributed by atoms with van der Waals surface area (Å²) in [6.45, 7) is 5.00. The van der Waals surface area contributed by atoms with Crippen molar-refractivity contribution in [2.75, 3.05) is 18.5 Å². The number of nitrogens with one attached hydrogen (secondary N) is 1. The highest BCUT2D eigenvalue weighted by Crippen LogP contribution is 2.27. The third kappa shape index (κ3) is 3.70. The van der Waals surface area contributed by atoms with Gasteiger partial charge in [0.15, 0.2) is 0 Å². The third-order valence-electron chi connectivity index (χ3n) is 3.24. The van der Waals surface area contributed by atoms with E-state index in [2.05, 4.69) is 5.32 Å². The fourth-order valence-electron chi connectivity index (χ4n) is 2.24. The molecule has 1 fully saturated rings. The molecule has 0 bridgehead atoms. The van der Waals surface area contributed by atoms with E-state index < -0.39 is 0 Å². The topological polar surface area (TPSA) is 47.6 Å². The summed E-state index contributed by atoms with van der Waals surface area (Å²) in [7, 11) is 0. The molecule has 19 heavy (non-hydrogen) atoms. The monoisotopic (exact) mass is 263 g/mol. The molecule has 0 unspecified atom stereocenters. The lowest BCUT2D eigenvalue weighted by molar-refractivity contribution is 0.00298. The SMILES string of the molecule is CCOC(=O)c1cccc(NC2CC(OCC)C2)c1. The quantitative estimate of drug-likeness (QED) is 0.802. The van der Waals surface area contributed by atoms with Gasteiger partial charge >= 0.3 is 5.97 Å². The summed E-state index contributed by atoms with van der Waals surface area (Å²) in [4.78, 5) is 11.6. The maximum absolute atomic E-state index is 11.6. The molecule has 104 valence electrons. The van der Waals surface area contributed by atoms with Crippen molar-refractivity contribution < 1.29 is 14.3 Å². The Hall–Kier alpha value is -1.55. The summed E-state index contributed by atoms with van der Waals surface area (Å²) in [6.07, 6.45) is 2.44. The molecule has 1 saturated carbocycles. The van der Waals surface area contributed by atoms with E-state index in [1.54, 1.807) is 6.07 Å². The number of benzene rings is 1. The van der Waals surface area contributed by atoms with Gasteiger partial charge in [-0.05, 0) is 44.9 Å². The lowest BCUT2D eigenvalue weighted by Crippen LogP contribution is -2.40. The molecule has 1 aliphatic carbocycles. The molecule has 0 heterocycles. The Bertz CT molecular complexity index is 427. The summed E-state index contributed by atoms with van der Waals surface area (Å²) in [6, 6.07) is 7.89. The zero-order valence-corrected chi connectivity index (χ0v) is 11.5. The Balaban J connectivity index is 1.88. The van der Waals surface area contributed by atoms with Gasteiger partial charge in [-0.25, -0.2) is 4.79 Å². The second kappa shape index (κ2) is 6.57. The first kappa shape index (κ1) is 13.9. The molecule has 2 rings (SSSR count). The van der Waals surface area contributed by atoms with Crippen LogP contribution in [0.3, 0.4) is 0 Å². The maximum atomic E-state index is 11.6. The minimum atomic E-state index is -0.271. The summed E-state index contributed by atoms with van der Waals surface area (Å²) < 4.78 is 10.5. The highest BCUT2D eigenvalue weighted by Gasteiger charge is 2.29. The van der Waals surface area contributed by atoms with Crippen molar-refractivity contribution >= 4 is 11.7 Å². The molecule has 0 radical (unpaired) electrons. The van der Waals surface area contributed by atoms with Crippen LogP contribution in [0.15, 0.2) is 24.3 Å². The normalized spacial score (nSPS) is 21.6. The van der Waals surface area contributed by atoms with Gasteiger partial charge in [0.1, 0.15) is 0 Å². The number of ether oxygens (including phenoxy) is 2. The third-order valence-corrected chi connectivity index (χ3v) is 3.24. The minimum absolute atomic E-state index is 0.271. The van der Waals surface area contributed by atoms with Crippen LogP contribution in [0, 0.1) is 0 Å². The summed E-state index contributed by atoms with van der Waals surface area (Å²) in [5, 5.41) is 3.42. The van der Waals surface area contributed by atoms with Crippen LogP contribution in [0.4, 0.5) is 5.69 Å². The van der Waals surface area contributed by atoms with E-state index >= 15 is 0 Å². The van der Waals surface area contributed by atoms with Crippen molar-refractivity contribution in [3.63, 3.8) is 0 Å². The van der Waals surface area contributed by atoms with Crippen LogP contribution in [-0.4, -0.2) is 31.3 Å². The second-order valence-electron chi connectivity index (χ2n) is 4.69. The molecular weight excluding hydrogens is 242 g/mol. The van der Waals surface area contributed by atoms with E-state index in [1.807, 2.05) is 32.0 Å². The minimum Gasteiger partial charge on any atom is -0.462 e. The summed E-state index contributed by atoms with van der Waals surface area (Å²) in [5.74, 6) is -0.271. The van der Waals surface area contributed by atoms with E-state index in [4.69, 9.17) is 9.47 Å². The van der Waals surface area contributed by atoms with Crippen LogP contribution in [0.1, 0.15) is 37.0 Å². The first-order valence-electron chi connectivity index (χ1n) is 6.88. The average molecular weight is 263 g/mol. The van der Waals surface area contributed by atoms with Gasteiger partial charge in [-0.15, -0.1) is 0 Å². The maximum Gasteiger partial charge on any atom is 0.338 e. The molecule has 0 aromatic heterocycles. The average Bonchev–Trinajstić information content (AvgIpc) is 2.37. The highest BCUT2D eigenvalue weighted by atomic mass is 16.5. The van der Waals surface area contributed by atoms with Gasteiger partial charge in [0, 0.05) is 18.3 Å². The number of carbonyl (C=O) groups is 1. The van der Waals surface area contributed by atoms with Crippen molar-refractivity contribution in [3.8, 4) is 0 Å². The molecule has 0 amide bonds. The van der Waals surface area contributed by atoms with Crippen LogP contribution in [-0.2, 0) is 9.47 Å². The van der Waals surface area contributed by atoms with Gasteiger partial charge in [-0.3, -0.25) is 0 Å². The standard InChI is InChI=1S/C15H21NO3/c1-3-18-14-9-13(10-14)16-12-7-5-6-11(8-12)15(17)19-4-2/h5-8,13-14,16H,3-4,9-10H2,1-2H3. The molecule has 0 atom stereocenters.